The van der Waals surface area contributed by atoms with Crippen molar-refractivity contribution in [1.29, 1.82) is 0 Å². The standard InChI is InChI=1S/C13H27NO2/c1-11-7-12(2,3)9-13(8-11,10-16)14-5-4-6-15/h11,14-16H,4-10H2,1-3H3/t11-,13-/m0/s1. The summed E-state index contributed by atoms with van der Waals surface area (Å²) in [6, 6.07) is 0. The fraction of sp³-hybridized carbons (Fsp3) is 1.00. The maximum atomic E-state index is 9.67. The number of hydrogen-bond donors (Lipinski definition) is 3. The topological polar surface area (TPSA) is 52.5 Å². The highest BCUT2D eigenvalue weighted by Crippen LogP contribution is 2.43. The third kappa shape index (κ3) is 3.72. The van der Waals surface area contributed by atoms with Crippen LogP contribution in [0.15, 0.2) is 0 Å². The van der Waals surface area contributed by atoms with Gasteiger partial charge in [0.05, 0.1) is 6.61 Å². The molecule has 0 aromatic carbocycles. The molecule has 0 aromatic rings. The van der Waals surface area contributed by atoms with Gasteiger partial charge in [0.25, 0.3) is 0 Å². The van der Waals surface area contributed by atoms with Gasteiger partial charge < -0.3 is 15.5 Å². The van der Waals surface area contributed by atoms with Crippen molar-refractivity contribution in [3.8, 4) is 0 Å². The van der Waals surface area contributed by atoms with E-state index in [0.717, 1.165) is 25.8 Å². The predicted molar refractivity (Wildman–Crippen MR) is 66.3 cm³/mol. The molecule has 3 N–H and O–H groups in total. The Bertz CT molecular complexity index is 218. The molecule has 0 radical (unpaired) electrons. The van der Waals surface area contributed by atoms with Crippen LogP contribution in [0.2, 0.25) is 0 Å². The molecule has 2 atom stereocenters. The molecule has 1 aliphatic carbocycles. The van der Waals surface area contributed by atoms with Crippen LogP contribution in [0.5, 0.6) is 0 Å². The molecule has 1 fully saturated rings. The van der Waals surface area contributed by atoms with E-state index < -0.39 is 0 Å². The lowest BCUT2D eigenvalue weighted by Crippen LogP contribution is -2.55. The monoisotopic (exact) mass is 229 g/mol. The third-order valence-corrected chi connectivity index (χ3v) is 3.59. The van der Waals surface area contributed by atoms with Gasteiger partial charge in [0.1, 0.15) is 0 Å². The molecule has 1 saturated carbocycles. The van der Waals surface area contributed by atoms with Crippen LogP contribution in [-0.2, 0) is 0 Å². The molecule has 1 aliphatic rings. The minimum Gasteiger partial charge on any atom is -0.396 e. The van der Waals surface area contributed by atoms with Crippen molar-refractivity contribution in [1.82, 2.24) is 5.32 Å². The first-order valence-electron chi connectivity index (χ1n) is 6.40. The molecule has 0 saturated heterocycles. The predicted octanol–water partition coefficient (Wildman–Crippen LogP) is 1.54. The lowest BCUT2D eigenvalue weighted by atomic mass is 9.64. The molecule has 0 aromatic heterocycles. The van der Waals surface area contributed by atoms with E-state index in [4.69, 9.17) is 5.11 Å². The summed E-state index contributed by atoms with van der Waals surface area (Å²) in [5, 5.41) is 21.9. The van der Waals surface area contributed by atoms with Crippen molar-refractivity contribution >= 4 is 0 Å². The Morgan fingerprint density at radius 3 is 2.44 bits per heavy atom. The number of nitrogens with one attached hydrogen (secondary N) is 1. The van der Waals surface area contributed by atoms with Crippen LogP contribution >= 0.6 is 0 Å². The maximum Gasteiger partial charge on any atom is 0.0613 e. The largest absolute Gasteiger partial charge is 0.396 e. The Morgan fingerprint density at radius 1 is 1.25 bits per heavy atom. The molecular weight excluding hydrogens is 202 g/mol. The van der Waals surface area contributed by atoms with Crippen LogP contribution in [0.4, 0.5) is 0 Å². The van der Waals surface area contributed by atoms with Gasteiger partial charge in [0.2, 0.25) is 0 Å². The van der Waals surface area contributed by atoms with Gasteiger partial charge in [0.15, 0.2) is 0 Å². The molecule has 0 heterocycles. The number of aliphatic hydroxyl groups excluding tert-OH is 2. The van der Waals surface area contributed by atoms with Crippen LogP contribution in [0.25, 0.3) is 0 Å². The summed E-state index contributed by atoms with van der Waals surface area (Å²) in [5.74, 6) is 0.650. The summed E-state index contributed by atoms with van der Waals surface area (Å²) >= 11 is 0. The van der Waals surface area contributed by atoms with Crippen LogP contribution in [-0.4, -0.2) is 35.5 Å². The number of rotatable bonds is 5. The van der Waals surface area contributed by atoms with E-state index >= 15 is 0 Å². The van der Waals surface area contributed by atoms with E-state index in [1.54, 1.807) is 0 Å². The SMILES string of the molecule is C[C@H]1CC(C)(C)C[C@@](CO)(NCCCO)C1. The Labute approximate surface area is 99.3 Å². The summed E-state index contributed by atoms with van der Waals surface area (Å²) in [5.41, 5.74) is 0.170. The summed E-state index contributed by atoms with van der Waals surface area (Å²) in [6.07, 6.45) is 4.05. The smallest absolute Gasteiger partial charge is 0.0613 e. The Hall–Kier alpha value is -0.120. The van der Waals surface area contributed by atoms with Crippen molar-refractivity contribution in [2.45, 2.75) is 52.0 Å². The van der Waals surface area contributed by atoms with Gasteiger partial charge in [-0.25, -0.2) is 0 Å². The van der Waals surface area contributed by atoms with Gasteiger partial charge >= 0.3 is 0 Å². The fourth-order valence-electron chi connectivity index (χ4n) is 3.49. The van der Waals surface area contributed by atoms with Gasteiger partial charge in [-0.15, -0.1) is 0 Å². The molecule has 1 rings (SSSR count). The third-order valence-electron chi connectivity index (χ3n) is 3.59. The molecule has 0 spiro atoms. The summed E-state index contributed by atoms with van der Waals surface area (Å²) in [4.78, 5) is 0. The highest BCUT2D eigenvalue weighted by atomic mass is 16.3. The quantitative estimate of drug-likeness (QED) is 0.627. The normalized spacial score (nSPS) is 33.9. The molecule has 96 valence electrons. The van der Waals surface area contributed by atoms with Crippen LogP contribution in [0, 0.1) is 11.3 Å². The zero-order valence-corrected chi connectivity index (χ0v) is 10.9. The second kappa shape index (κ2) is 5.48. The first-order chi connectivity index (χ1) is 7.43. The van der Waals surface area contributed by atoms with Crippen LogP contribution < -0.4 is 5.32 Å². The summed E-state index contributed by atoms with van der Waals surface area (Å²) < 4.78 is 0. The van der Waals surface area contributed by atoms with Crippen LogP contribution in [0.1, 0.15) is 46.5 Å². The van der Waals surface area contributed by atoms with Crippen molar-refractivity contribution in [2.24, 2.45) is 11.3 Å². The second-order valence-electron chi connectivity index (χ2n) is 6.30. The molecule has 0 amide bonds. The van der Waals surface area contributed by atoms with E-state index in [9.17, 15) is 5.11 Å². The molecule has 0 aliphatic heterocycles. The molecule has 3 heteroatoms. The minimum absolute atomic E-state index is 0.129. The van der Waals surface area contributed by atoms with Gasteiger partial charge in [-0.3, -0.25) is 0 Å². The van der Waals surface area contributed by atoms with Crippen LogP contribution in [0.3, 0.4) is 0 Å². The molecule has 0 unspecified atom stereocenters. The first-order valence-corrected chi connectivity index (χ1v) is 6.40. The second-order valence-corrected chi connectivity index (χ2v) is 6.30. The van der Waals surface area contributed by atoms with E-state index in [1.807, 2.05) is 0 Å². The van der Waals surface area contributed by atoms with Gasteiger partial charge in [0, 0.05) is 12.1 Å². The Kier molecular flexibility index (Phi) is 4.77. The lowest BCUT2D eigenvalue weighted by Gasteiger charge is -2.47. The number of hydrogen-bond acceptors (Lipinski definition) is 3. The zero-order chi connectivity index (χ0) is 12.2. The zero-order valence-electron chi connectivity index (χ0n) is 10.9. The van der Waals surface area contributed by atoms with E-state index in [-0.39, 0.29) is 18.8 Å². The first kappa shape index (κ1) is 13.9. The Morgan fingerprint density at radius 2 is 1.94 bits per heavy atom. The molecule has 16 heavy (non-hydrogen) atoms. The highest BCUT2D eigenvalue weighted by Gasteiger charge is 2.41. The van der Waals surface area contributed by atoms with Gasteiger partial charge in [-0.05, 0) is 43.6 Å². The van der Waals surface area contributed by atoms with Gasteiger partial charge in [-0.1, -0.05) is 20.8 Å². The van der Waals surface area contributed by atoms with Crippen molar-refractivity contribution in [3.63, 3.8) is 0 Å². The maximum absolute atomic E-state index is 9.67. The fourth-order valence-corrected chi connectivity index (χ4v) is 3.49. The van der Waals surface area contributed by atoms with Gasteiger partial charge in [-0.2, -0.15) is 0 Å². The van der Waals surface area contributed by atoms with Crippen molar-refractivity contribution in [2.75, 3.05) is 19.8 Å². The van der Waals surface area contributed by atoms with E-state index in [0.29, 0.717) is 11.3 Å². The average molecular weight is 229 g/mol. The highest BCUT2D eigenvalue weighted by molar-refractivity contribution is 4.98. The average Bonchev–Trinajstić information content (AvgIpc) is 2.15. The van der Waals surface area contributed by atoms with Crippen molar-refractivity contribution in [3.05, 3.63) is 0 Å². The molecule has 0 bridgehead atoms. The summed E-state index contributed by atoms with van der Waals surface area (Å²) in [6.45, 7) is 8.03. The van der Waals surface area contributed by atoms with Crippen molar-refractivity contribution < 1.29 is 10.2 Å². The number of aliphatic hydroxyl groups is 2. The summed E-state index contributed by atoms with van der Waals surface area (Å²) in [7, 11) is 0. The minimum atomic E-state index is -0.129. The lowest BCUT2D eigenvalue weighted by molar-refractivity contribution is 0.0357. The Balaban J connectivity index is 2.62. The van der Waals surface area contributed by atoms with E-state index in [2.05, 4.69) is 26.1 Å². The molecular formula is C13H27NO2. The molecule has 3 nitrogen and oxygen atoms in total. The van der Waals surface area contributed by atoms with E-state index in [1.165, 1.54) is 6.42 Å².